The Labute approximate surface area is 163 Å². The Morgan fingerprint density at radius 3 is 2.56 bits per heavy atom. The van der Waals surface area contributed by atoms with Crippen LogP contribution >= 0.6 is 22.9 Å². The van der Waals surface area contributed by atoms with E-state index in [2.05, 4.69) is 10.2 Å². The third kappa shape index (κ3) is 3.15. The molecule has 2 aromatic carbocycles. The van der Waals surface area contributed by atoms with Gasteiger partial charge in [0.2, 0.25) is 4.96 Å². The van der Waals surface area contributed by atoms with E-state index in [1.165, 1.54) is 15.7 Å². The third-order valence-electron chi connectivity index (χ3n) is 4.07. The molecule has 0 fully saturated rings. The molecular weight excluding hydrogens is 386 g/mol. The zero-order valence-electron chi connectivity index (χ0n) is 14.5. The Morgan fingerprint density at radius 2 is 1.85 bits per heavy atom. The molecule has 8 heteroatoms. The minimum Gasteiger partial charge on any atom is -0.497 e. The summed E-state index contributed by atoms with van der Waals surface area (Å²) in [7, 11) is 3.18. The van der Waals surface area contributed by atoms with Gasteiger partial charge in [-0.3, -0.25) is 4.79 Å². The van der Waals surface area contributed by atoms with Gasteiger partial charge in [0, 0.05) is 16.1 Å². The van der Waals surface area contributed by atoms with Crippen molar-refractivity contribution in [2.45, 2.75) is 0 Å². The van der Waals surface area contributed by atoms with E-state index in [4.69, 9.17) is 21.1 Å². The molecule has 2 heterocycles. The quantitative estimate of drug-likeness (QED) is 0.527. The third-order valence-corrected chi connectivity index (χ3v) is 5.29. The summed E-state index contributed by atoms with van der Waals surface area (Å²) in [5, 5.41) is 8.90. The van der Waals surface area contributed by atoms with Gasteiger partial charge in [-0.2, -0.15) is 0 Å². The van der Waals surface area contributed by atoms with E-state index in [1.807, 2.05) is 18.2 Å². The Hall–Kier alpha value is -2.90. The van der Waals surface area contributed by atoms with Crippen LogP contribution in [0.15, 0.2) is 47.3 Å². The molecule has 0 saturated heterocycles. The second kappa shape index (κ2) is 7.02. The normalized spacial score (nSPS) is 11.9. The number of methoxy groups -OCH3 is 2. The van der Waals surface area contributed by atoms with Gasteiger partial charge in [-0.1, -0.05) is 22.9 Å². The first-order chi connectivity index (χ1) is 13.1. The van der Waals surface area contributed by atoms with Crippen molar-refractivity contribution in [1.82, 2.24) is 14.6 Å². The van der Waals surface area contributed by atoms with Gasteiger partial charge >= 0.3 is 0 Å². The highest BCUT2D eigenvalue weighted by atomic mass is 35.5. The van der Waals surface area contributed by atoms with Crippen LogP contribution < -0.4 is 19.6 Å². The maximum Gasteiger partial charge on any atom is 0.276 e. The average Bonchev–Trinajstić information content (AvgIpc) is 3.23. The van der Waals surface area contributed by atoms with E-state index in [0.29, 0.717) is 31.8 Å². The molecule has 27 heavy (non-hydrogen) atoms. The van der Waals surface area contributed by atoms with Gasteiger partial charge < -0.3 is 9.47 Å². The second-order valence-corrected chi connectivity index (χ2v) is 7.12. The first-order valence-electron chi connectivity index (χ1n) is 7.98. The highest BCUT2D eigenvalue weighted by Crippen LogP contribution is 2.25. The zero-order valence-corrected chi connectivity index (χ0v) is 16.0. The van der Waals surface area contributed by atoms with Crippen LogP contribution in [-0.4, -0.2) is 28.8 Å². The van der Waals surface area contributed by atoms with Gasteiger partial charge in [0.15, 0.2) is 5.82 Å². The monoisotopic (exact) mass is 399 g/mol. The Kier molecular flexibility index (Phi) is 4.55. The lowest BCUT2D eigenvalue weighted by Crippen LogP contribution is -2.23. The lowest BCUT2D eigenvalue weighted by Gasteiger charge is -2.06. The SMILES string of the molecule is COc1ccc(OC)c(C=c2sc3nnc(-c4ccc(Cl)cc4)n3c2=O)c1. The van der Waals surface area contributed by atoms with Crippen LogP contribution in [0.3, 0.4) is 0 Å². The van der Waals surface area contributed by atoms with Crippen LogP contribution in [0, 0.1) is 0 Å². The summed E-state index contributed by atoms with van der Waals surface area (Å²) in [6.07, 6.45) is 1.77. The molecule has 0 saturated carbocycles. The van der Waals surface area contributed by atoms with Crippen molar-refractivity contribution in [2.24, 2.45) is 0 Å². The molecule has 0 bridgehead atoms. The van der Waals surface area contributed by atoms with Crippen molar-refractivity contribution in [2.75, 3.05) is 14.2 Å². The smallest absolute Gasteiger partial charge is 0.276 e. The predicted molar refractivity (Wildman–Crippen MR) is 106 cm³/mol. The van der Waals surface area contributed by atoms with E-state index in [-0.39, 0.29) is 5.56 Å². The summed E-state index contributed by atoms with van der Waals surface area (Å²) < 4.78 is 12.7. The standard InChI is InChI=1S/C19H14ClN3O3S/c1-25-14-7-8-15(26-2)12(9-14)10-16-18(24)23-17(21-22-19(23)27-16)11-3-5-13(20)6-4-11/h3-10H,1-2H3. The highest BCUT2D eigenvalue weighted by Gasteiger charge is 2.14. The van der Waals surface area contributed by atoms with Crippen LogP contribution in [0.5, 0.6) is 11.5 Å². The number of nitrogens with zero attached hydrogens (tertiary/aromatic N) is 3. The maximum atomic E-state index is 13.0. The summed E-state index contributed by atoms with van der Waals surface area (Å²) in [6, 6.07) is 12.5. The Bertz CT molecular complexity index is 1230. The van der Waals surface area contributed by atoms with Gasteiger partial charge in [0.25, 0.3) is 5.56 Å². The van der Waals surface area contributed by atoms with Crippen LogP contribution in [0.4, 0.5) is 0 Å². The number of hydrogen-bond donors (Lipinski definition) is 0. The fourth-order valence-corrected chi connectivity index (χ4v) is 3.77. The van der Waals surface area contributed by atoms with Crippen LogP contribution in [0.1, 0.15) is 5.56 Å². The molecule has 0 spiro atoms. The lowest BCUT2D eigenvalue weighted by atomic mass is 10.2. The van der Waals surface area contributed by atoms with Gasteiger partial charge in [0.05, 0.1) is 18.8 Å². The minimum atomic E-state index is -0.185. The molecular formula is C19H14ClN3O3S. The topological polar surface area (TPSA) is 65.7 Å². The van der Waals surface area contributed by atoms with Crippen molar-refractivity contribution in [3.05, 3.63) is 67.9 Å². The van der Waals surface area contributed by atoms with Crippen molar-refractivity contribution >= 4 is 34.0 Å². The molecule has 0 aliphatic rings. The summed E-state index contributed by atoms with van der Waals surface area (Å²) in [6.45, 7) is 0. The first-order valence-corrected chi connectivity index (χ1v) is 9.18. The molecule has 4 rings (SSSR count). The van der Waals surface area contributed by atoms with Crippen molar-refractivity contribution < 1.29 is 9.47 Å². The predicted octanol–water partition coefficient (Wildman–Crippen LogP) is 3.04. The van der Waals surface area contributed by atoms with Crippen LogP contribution in [-0.2, 0) is 0 Å². The number of aromatic nitrogens is 3. The average molecular weight is 400 g/mol. The summed E-state index contributed by atoms with van der Waals surface area (Å²) >= 11 is 7.21. The van der Waals surface area contributed by atoms with E-state index in [0.717, 1.165) is 11.1 Å². The molecule has 6 nitrogen and oxygen atoms in total. The molecule has 0 amide bonds. The highest BCUT2D eigenvalue weighted by molar-refractivity contribution is 7.15. The van der Waals surface area contributed by atoms with Crippen LogP contribution in [0.25, 0.3) is 22.4 Å². The zero-order chi connectivity index (χ0) is 19.0. The number of ether oxygens (including phenoxy) is 2. The summed E-state index contributed by atoms with van der Waals surface area (Å²) in [5.41, 5.74) is 1.33. The van der Waals surface area contributed by atoms with Gasteiger partial charge in [0.1, 0.15) is 11.5 Å². The molecule has 0 aliphatic heterocycles. The van der Waals surface area contributed by atoms with Crippen molar-refractivity contribution in [1.29, 1.82) is 0 Å². The van der Waals surface area contributed by atoms with E-state index in [1.54, 1.807) is 44.6 Å². The number of benzene rings is 2. The number of fused-ring (bicyclic) bond motifs is 1. The molecule has 0 unspecified atom stereocenters. The van der Waals surface area contributed by atoms with E-state index >= 15 is 0 Å². The molecule has 0 radical (unpaired) electrons. The fourth-order valence-electron chi connectivity index (χ4n) is 2.74. The molecule has 136 valence electrons. The second-order valence-electron chi connectivity index (χ2n) is 5.67. The molecule has 0 N–H and O–H groups in total. The number of rotatable bonds is 4. The van der Waals surface area contributed by atoms with Gasteiger partial charge in [-0.25, -0.2) is 4.40 Å². The summed E-state index contributed by atoms with van der Waals surface area (Å²) in [5.74, 6) is 1.82. The molecule has 0 atom stereocenters. The van der Waals surface area contributed by atoms with Crippen molar-refractivity contribution in [3.63, 3.8) is 0 Å². The molecule has 4 aromatic rings. The Morgan fingerprint density at radius 1 is 1.07 bits per heavy atom. The Balaban J connectivity index is 1.90. The van der Waals surface area contributed by atoms with E-state index in [9.17, 15) is 4.79 Å². The van der Waals surface area contributed by atoms with E-state index < -0.39 is 0 Å². The first kappa shape index (κ1) is 17.5. The summed E-state index contributed by atoms with van der Waals surface area (Å²) in [4.78, 5) is 13.5. The lowest BCUT2D eigenvalue weighted by molar-refractivity contribution is 0.402. The largest absolute Gasteiger partial charge is 0.497 e. The maximum absolute atomic E-state index is 13.0. The minimum absolute atomic E-state index is 0.185. The number of halogens is 1. The molecule has 0 aliphatic carbocycles. The van der Waals surface area contributed by atoms with Gasteiger partial charge in [-0.15, -0.1) is 10.2 Å². The number of hydrogen-bond acceptors (Lipinski definition) is 6. The fraction of sp³-hybridized carbons (Fsp3) is 0.105. The molecule has 2 aromatic heterocycles. The van der Waals surface area contributed by atoms with Crippen LogP contribution in [0.2, 0.25) is 5.02 Å². The number of thiazole rings is 1. The van der Waals surface area contributed by atoms with Gasteiger partial charge in [-0.05, 0) is 48.5 Å². The van der Waals surface area contributed by atoms with Crippen molar-refractivity contribution in [3.8, 4) is 22.9 Å².